The van der Waals surface area contributed by atoms with Gasteiger partial charge >= 0.3 is 0 Å². The lowest BCUT2D eigenvalue weighted by Gasteiger charge is -2.30. The van der Waals surface area contributed by atoms with Gasteiger partial charge in [-0.05, 0) is 50.0 Å². The van der Waals surface area contributed by atoms with Crippen molar-refractivity contribution in [2.24, 2.45) is 10.6 Å². The summed E-state index contributed by atoms with van der Waals surface area (Å²) in [7, 11) is -3.64. The normalized spacial score (nSPS) is 24.9. The Bertz CT molecular complexity index is 1100. The fraction of sp³-hybridized carbons (Fsp3) is 0.632. The van der Waals surface area contributed by atoms with Gasteiger partial charge in [0.1, 0.15) is 5.65 Å². The van der Waals surface area contributed by atoms with E-state index >= 15 is 0 Å². The fourth-order valence-electron chi connectivity index (χ4n) is 5.11. The molecular formula is C19H26N6O3S. The van der Waals surface area contributed by atoms with Crippen molar-refractivity contribution in [3.05, 3.63) is 28.7 Å². The van der Waals surface area contributed by atoms with Crippen LogP contribution in [0.3, 0.4) is 0 Å². The third-order valence-corrected chi connectivity index (χ3v) is 7.96. The van der Waals surface area contributed by atoms with Gasteiger partial charge in [-0.25, -0.2) is 10.1 Å². The molecule has 1 saturated heterocycles. The van der Waals surface area contributed by atoms with Crippen molar-refractivity contribution in [3.8, 4) is 0 Å². The van der Waals surface area contributed by atoms with Crippen LogP contribution in [0.1, 0.15) is 51.0 Å². The highest BCUT2D eigenvalue weighted by atomic mass is 32.2. The number of fused-ring (bicyclic) bond motifs is 1. The molecule has 5 rings (SSSR count). The van der Waals surface area contributed by atoms with Crippen LogP contribution >= 0.6 is 0 Å². The first-order valence-electron chi connectivity index (χ1n) is 10.3. The zero-order chi connectivity index (χ0) is 20.2. The Morgan fingerprint density at radius 3 is 2.59 bits per heavy atom. The summed E-state index contributed by atoms with van der Waals surface area (Å²) in [5, 5.41) is 9.39. The van der Waals surface area contributed by atoms with Crippen LogP contribution in [-0.2, 0) is 10.2 Å². The van der Waals surface area contributed by atoms with Crippen molar-refractivity contribution in [1.82, 2.24) is 18.8 Å². The Morgan fingerprint density at radius 2 is 1.90 bits per heavy atom. The van der Waals surface area contributed by atoms with Crippen LogP contribution in [-0.4, -0.2) is 46.4 Å². The van der Waals surface area contributed by atoms with E-state index in [1.54, 1.807) is 18.3 Å². The van der Waals surface area contributed by atoms with Gasteiger partial charge in [0.25, 0.3) is 15.8 Å². The minimum Gasteiger partial charge on any atom is -0.351 e. The van der Waals surface area contributed by atoms with E-state index in [4.69, 9.17) is 10.1 Å². The lowest BCUT2D eigenvalue weighted by molar-refractivity contribution is 0.329. The first kappa shape index (κ1) is 19.0. The second-order valence-electron chi connectivity index (χ2n) is 8.65. The molecule has 10 heteroatoms. The van der Waals surface area contributed by atoms with Crippen molar-refractivity contribution in [1.29, 1.82) is 0 Å². The third kappa shape index (κ3) is 3.43. The van der Waals surface area contributed by atoms with E-state index in [1.807, 2.05) is 4.57 Å². The minimum absolute atomic E-state index is 0.00165. The van der Waals surface area contributed by atoms with Gasteiger partial charge in [0.15, 0.2) is 0 Å². The molecule has 0 amide bonds. The molecule has 3 N–H and O–H groups in total. The van der Waals surface area contributed by atoms with Crippen LogP contribution in [0.25, 0.3) is 11.0 Å². The van der Waals surface area contributed by atoms with E-state index in [1.165, 1.54) is 23.6 Å². The largest absolute Gasteiger partial charge is 0.351 e. The first-order chi connectivity index (χ1) is 13.9. The fourth-order valence-corrected chi connectivity index (χ4v) is 5.83. The van der Waals surface area contributed by atoms with Gasteiger partial charge in [-0.15, -0.1) is 0 Å². The number of nitrogens with one attached hydrogen (secondary N) is 1. The Labute approximate surface area is 169 Å². The van der Waals surface area contributed by atoms with Crippen LogP contribution in [0.2, 0.25) is 0 Å². The van der Waals surface area contributed by atoms with E-state index < -0.39 is 10.2 Å². The summed E-state index contributed by atoms with van der Waals surface area (Å²) in [5.41, 5.74) is 0.980. The molecule has 0 aromatic carbocycles. The highest BCUT2D eigenvalue weighted by molar-refractivity contribution is 7.86. The van der Waals surface area contributed by atoms with Crippen molar-refractivity contribution in [2.75, 3.05) is 18.4 Å². The highest BCUT2D eigenvalue weighted by Crippen LogP contribution is 2.63. The molecule has 1 spiro atoms. The van der Waals surface area contributed by atoms with Crippen LogP contribution in [0.4, 0.5) is 5.95 Å². The SMILES string of the molecule is NS(=O)(=O)N1CCC(Nc2ncc3ccc(=O)n(C4CCCC45CC5)c3n2)CC1. The first-order valence-corrected chi connectivity index (χ1v) is 11.8. The maximum absolute atomic E-state index is 12.8. The van der Waals surface area contributed by atoms with Crippen LogP contribution in [0, 0.1) is 5.41 Å². The summed E-state index contributed by atoms with van der Waals surface area (Å²) in [6.07, 6.45) is 8.78. The standard InChI is InChI=1S/C19H26N6O3S/c20-29(27,28)24-10-5-14(6-11-24)22-18-21-12-13-3-4-16(26)25(17(13)23-18)15-2-1-7-19(15)8-9-19/h3-4,12,14-15H,1-2,5-11H2,(H2,20,27,28)(H,21,22,23). The van der Waals surface area contributed by atoms with Gasteiger partial charge in [-0.2, -0.15) is 17.7 Å². The lowest BCUT2D eigenvalue weighted by atomic mass is 10.00. The van der Waals surface area contributed by atoms with E-state index in [0.29, 0.717) is 37.5 Å². The van der Waals surface area contributed by atoms with Gasteiger partial charge < -0.3 is 5.32 Å². The molecule has 1 atom stereocenters. The van der Waals surface area contributed by atoms with Gasteiger partial charge in [0.05, 0.1) is 0 Å². The zero-order valence-corrected chi connectivity index (χ0v) is 17.1. The molecule has 9 nitrogen and oxygen atoms in total. The number of rotatable bonds is 4. The van der Waals surface area contributed by atoms with Gasteiger partial charge in [0, 0.05) is 42.8 Å². The predicted octanol–water partition coefficient (Wildman–Crippen LogP) is 1.38. The molecule has 1 unspecified atom stereocenters. The molecule has 156 valence electrons. The van der Waals surface area contributed by atoms with E-state index in [0.717, 1.165) is 18.2 Å². The molecule has 1 aliphatic heterocycles. The Hall–Kier alpha value is -2.04. The smallest absolute Gasteiger partial charge is 0.276 e. The zero-order valence-electron chi connectivity index (χ0n) is 16.2. The number of aromatic nitrogens is 3. The maximum Gasteiger partial charge on any atom is 0.276 e. The Morgan fingerprint density at radius 1 is 1.14 bits per heavy atom. The van der Waals surface area contributed by atoms with E-state index in [-0.39, 0.29) is 23.1 Å². The van der Waals surface area contributed by atoms with Crippen LogP contribution < -0.4 is 16.0 Å². The van der Waals surface area contributed by atoms with Crippen molar-refractivity contribution >= 4 is 27.2 Å². The number of hydrogen-bond donors (Lipinski definition) is 2. The molecule has 0 radical (unpaired) electrons. The van der Waals surface area contributed by atoms with Crippen molar-refractivity contribution in [3.63, 3.8) is 0 Å². The van der Waals surface area contributed by atoms with E-state index in [9.17, 15) is 13.2 Å². The number of piperidine rings is 1. The quantitative estimate of drug-likeness (QED) is 0.773. The number of anilines is 1. The summed E-state index contributed by atoms with van der Waals surface area (Å²) in [6.45, 7) is 0.749. The van der Waals surface area contributed by atoms with Crippen LogP contribution in [0.15, 0.2) is 23.1 Å². The second-order valence-corrected chi connectivity index (χ2v) is 10.2. The molecule has 3 fully saturated rings. The number of hydrogen-bond acceptors (Lipinski definition) is 6. The average Bonchev–Trinajstić information content (AvgIpc) is 3.35. The van der Waals surface area contributed by atoms with Gasteiger partial charge in [0.2, 0.25) is 5.95 Å². The predicted molar refractivity (Wildman–Crippen MR) is 110 cm³/mol. The van der Waals surface area contributed by atoms with E-state index in [2.05, 4.69) is 10.3 Å². The second kappa shape index (κ2) is 6.75. The summed E-state index contributed by atoms with van der Waals surface area (Å²) >= 11 is 0. The van der Waals surface area contributed by atoms with Gasteiger partial charge in [-0.1, -0.05) is 6.42 Å². The van der Waals surface area contributed by atoms with Crippen molar-refractivity contribution in [2.45, 2.75) is 57.0 Å². The summed E-state index contributed by atoms with van der Waals surface area (Å²) in [6, 6.07) is 3.70. The Balaban J connectivity index is 1.42. The molecule has 3 aliphatic rings. The molecule has 29 heavy (non-hydrogen) atoms. The maximum atomic E-state index is 12.8. The molecule has 3 heterocycles. The average molecular weight is 419 g/mol. The summed E-state index contributed by atoms with van der Waals surface area (Å²) in [4.78, 5) is 21.9. The number of nitrogens with zero attached hydrogens (tertiary/aromatic N) is 4. The van der Waals surface area contributed by atoms with Crippen LogP contribution in [0.5, 0.6) is 0 Å². The number of pyridine rings is 1. The number of nitrogens with two attached hydrogens (primary N) is 1. The molecule has 0 bridgehead atoms. The Kier molecular flexibility index (Phi) is 4.41. The summed E-state index contributed by atoms with van der Waals surface area (Å²) < 4.78 is 26.1. The molecular weight excluding hydrogens is 392 g/mol. The van der Waals surface area contributed by atoms with Crippen molar-refractivity contribution < 1.29 is 8.42 Å². The highest BCUT2D eigenvalue weighted by Gasteiger charge is 2.53. The monoisotopic (exact) mass is 418 g/mol. The topological polar surface area (TPSA) is 123 Å². The van der Waals surface area contributed by atoms with Gasteiger partial charge in [-0.3, -0.25) is 9.36 Å². The third-order valence-electron chi connectivity index (χ3n) is 6.88. The molecule has 2 aromatic rings. The minimum atomic E-state index is -3.64. The molecule has 2 aromatic heterocycles. The summed E-state index contributed by atoms with van der Waals surface area (Å²) in [5.74, 6) is 0.480. The lowest BCUT2D eigenvalue weighted by Crippen LogP contribution is -2.45. The molecule has 2 aliphatic carbocycles. The molecule has 2 saturated carbocycles.